The average molecular weight is 364 g/mol. The zero-order valence-corrected chi connectivity index (χ0v) is 14.2. The molecule has 25 heavy (non-hydrogen) atoms. The average Bonchev–Trinajstić information content (AvgIpc) is 2.58. The first-order chi connectivity index (χ1) is 12.0. The van der Waals surface area contributed by atoms with Crippen LogP contribution in [0.5, 0.6) is 0 Å². The van der Waals surface area contributed by atoms with Crippen molar-refractivity contribution in [2.45, 2.75) is 35.0 Å². The number of fused-ring (bicyclic) bond motifs is 1. The van der Waals surface area contributed by atoms with E-state index in [4.69, 9.17) is 5.73 Å². The molecule has 132 valence electrons. The number of hydrogen-bond donors (Lipinski definition) is 2. The topological polar surface area (TPSA) is 72.2 Å². The van der Waals surface area contributed by atoms with E-state index in [0.717, 1.165) is 18.4 Å². The highest BCUT2D eigenvalue weighted by Crippen LogP contribution is 2.35. The number of benzene rings is 2. The zero-order chi connectivity index (χ0) is 18.0. The maximum Gasteiger partial charge on any atom is 0.312 e. The summed E-state index contributed by atoms with van der Waals surface area (Å²) in [5.74, 6) is -1.09. The molecule has 0 fully saturated rings. The first-order valence-corrected chi connectivity index (χ1v) is 9.13. The largest absolute Gasteiger partial charge is 0.352 e. The molecular formula is C18H18F2N2O2S. The van der Waals surface area contributed by atoms with Crippen LogP contribution in [0.1, 0.15) is 29.9 Å². The lowest BCUT2D eigenvalue weighted by Crippen LogP contribution is -2.34. The standard InChI is InChI=1S/C18H18F2N2O2S/c19-13-5-2-6-14(8-13)25(24)15-7-11-3-1-4-12(10-22-18(21)23)17(11)16(20)9-15/h2,5-9,12H,1,3-4,10H2,(H3,21,22,23). The van der Waals surface area contributed by atoms with E-state index >= 15 is 0 Å². The van der Waals surface area contributed by atoms with Gasteiger partial charge >= 0.3 is 6.03 Å². The van der Waals surface area contributed by atoms with E-state index in [-0.39, 0.29) is 12.5 Å². The molecule has 2 atom stereocenters. The number of nitrogens with one attached hydrogen (secondary N) is 1. The van der Waals surface area contributed by atoms with Crippen molar-refractivity contribution in [3.05, 3.63) is 59.2 Å². The maximum absolute atomic E-state index is 14.7. The molecule has 1 aliphatic carbocycles. The van der Waals surface area contributed by atoms with Crippen LogP contribution in [-0.2, 0) is 17.2 Å². The highest BCUT2D eigenvalue weighted by molar-refractivity contribution is 7.85. The second-order valence-corrected chi connectivity index (χ2v) is 7.52. The van der Waals surface area contributed by atoms with Crippen LogP contribution >= 0.6 is 0 Å². The fraction of sp³-hybridized carbons (Fsp3) is 0.278. The van der Waals surface area contributed by atoms with Gasteiger partial charge in [0.25, 0.3) is 0 Å². The van der Waals surface area contributed by atoms with Crippen molar-refractivity contribution < 1.29 is 17.8 Å². The van der Waals surface area contributed by atoms with Gasteiger partial charge in [-0.1, -0.05) is 6.07 Å². The highest BCUT2D eigenvalue weighted by Gasteiger charge is 2.26. The summed E-state index contributed by atoms with van der Waals surface area (Å²) in [5.41, 5.74) is 6.41. The number of urea groups is 1. The zero-order valence-electron chi connectivity index (χ0n) is 13.4. The van der Waals surface area contributed by atoms with Crippen LogP contribution in [0.3, 0.4) is 0 Å². The number of aryl methyl sites for hydroxylation is 1. The number of hydrogen-bond acceptors (Lipinski definition) is 2. The number of amides is 2. The predicted octanol–water partition coefficient (Wildman–Crippen LogP) is 3.22. The lowest BCUT2D eigenvalue weighted by Gasteiger charge is -2.26. The van der Waals surface area contributed by atoms with E-state index in [0.29, 0.717) is 21.8 Å². The van der Waals surface area contributed by atoms with E-state index in [1.807, 2.05) is 0 Å². The van der Waals surface area contributed by atoms with Gasteiger partial charge in [-0.25, -0.2) is 17.8 Å². The molecule has 2 aromatic rings. The molecule has 0 saturated heterocycles. The van der Waals surface area contributed by atoms with Crippen LogP contribution in [0, 0.1) is 11.6 Å². The molecule has 3 N–H and O–H groups in total. The minimum absolute atomic E-state index is 0.159. The van der Waals surface area contributed by atoms with E-state index in [1.165, 1.54) is 24.3 Å². The van der Waals surface area contributed by atoms with Crippen molar-refractivity contribution in [1.29, 1.82) is 0 Å². The number of carbonyl (C=O) groups excluding carboxylic acids is 1. The Hall–Kier alpha value is -2.28. The molecule has 2 amide bonds. The van der Waals surface area contributed by atoms with Crippen LogP contribution in [0.2, 0.25) is 0 Å². The number of halogens is 2. The Labute approximate surface area is 146 Å². The summed E-state index contributed by atoms with van der Waals surface area (Å²) in [6, 6.07) is 7.80. The van der Waals surface area contributed by atoms with Gasteiger partial charge in [0, 0.05) is 22.3 Å². The molecule has 4 nitrogen and oxygen atoms in total. The van der Waals surface area contributed by atoms with Gasteiger partial charge in [-0.15, -0.1) is 0 Å². The summed E-state index contributed by atoms with van der Waals surface area (Å²) in [6.45, 7) is 0.269. The van der Waals surface area contributed by atoms with Gasteiger partial charge in [-0.2, -0.15) is 0 Å². The van der Waals surface area contributed by atoms with Gasteiger partial charge in [-0.05, 0) is 60.7 Å². The van der Waals surface area contributed by atoms with Crippen molar-refractivity contribution in [2.75, 3.05) is 6.54 Å². The van der Waals surface area contributed by atoms with Gasteiger partial charge in [0.1, 0.15) is 11.6 Å². The molecule has 0 bridgehead atoms. The number of rotatable bonds is 4. The second-order valence-electron chi connectivity index (χ2n) is 6.04. The fourth-order valence-corrected chi connectivity index (χ4v) is 4.40. The monoisotopic (exact) mass is 364 g/mol. The summed E-state index contributed by atoms with van der Waals surface area (Å²) in [4.78, 5) is 11.5. The highest BCUT2D eigenvalue weighted by atomic mass is 32.2. The van der Waals surface area contributed by atoms with Crippen LogP contribution < -0.4 is 11.1 Å². The summed E-state index contributed by atoms with van der Waals surface area (Å²) in [7, 11) is -1.66. The Balaban J connectivity index is 1.93. The molecule has 0 aromatic heterocycles. The molecule has 0 radical (unpaired) electrons. The summed E-state index contributed by atoms with van der Waals surface area (Å²) in [6.07, 6.45) is 2.26. The smallest absolute Gasteiger partial charge is 0.312 e. The van der Waals surface area contributed by atoms with Crippen LogP contribution in [0.25, 0.3) is 0 Å². The van der Waals surface area contributed by atoms with Gasteiger partial charge < -0.3 is 11.1 Å². The Morgan fingerprint density at radius 2 is 2.04 bits per heavy atom. The summed E-state index contributed by atoms with van der Waals surface area (Å²) in [5, 5.41) is 2.52. The molecule has 0 heterocycles. The lowest BCUT2D eigenvalue weighted by atomic mass is 9.82. The molecule has 0 aliphatic heterocycles. The van der Waals surface area contributed by atoms with E-state index < -0.39 is 28.5 Å². The normalized spacial score (nSPS) is 17.6. The Morgan fingerprint density at radius 1 is 1.24 bits per heavy atom. The number of carbonyl (C=O) groups is 1. The van der Waals surface area contributed by atoms with E-state index in [2.05, 4.69) is 5.32 Å². The third-order valence-corrected chi connectivity index (χ3v) is 5.69. The minimum atomic E-state index is -1.66. The predicted molar refractivity (Wildman–Crippen MR) is 90.7 cm³/mol. The van der Waals surface area contributed by atoms with Gasteiger partial charge in [0.05, 0.1) is 10.8 Å². The van der Waals surface area contributed by atoms with Crippen LogP contribution in [0.4, 0.5) is 13.6 Å². The first kappa shape index (κ1) is 17.5. The van der Waals surface area contributed by atoms with Gasteiger partial charge in [0.15, 0.2) is 0 Å². The van der Waals surface area contributed by atoms with Crippen molar-refractivity contribution in [1.82, 2.24) is 5.32 Å². The molecule has 2 unspecified atom stereocenters. The lowest BCUT2D eigenvalue weighted by molar-refractivity contribution is 0.247. The quantitative estimate of drug-likeness (QED) is 0.874. The van der Waals surface area contributed by atoms with Crippen molar-refractivity contribution in [3.63, 3.8) is 0 Å². The molecule has 0 saturated carbocycles. The van der Waals surface area contributed by atoms with Crippen LogP contribution in [-0.4, -0.2) is 16.8 Å². The second kappa shape index (κ2) is 7.31. The Bertz CT molecular complexity index is 842. The van der Waals surface area contributed by atoms with E-state index in [1.54, 1.807) is 12.1 Å². The van der Waals surface area contributed by atoms with Crippen molar-refractivity contribution >= 4 is 16.8 Å². The fourth-order valence-electron chi connectivity index (χ4n) is 3.25. The maximum atomic E-state index is 14.7. The number of primary amides is 1. The SMILES string of the molecule is NC(=O)NCC1CCCc2cc(S(=O)c3cccc(F)c3)cc(F)c21. The first-order valence-electron chi connectivity index (χ1n) is 7.98. The summed E-state index contributed by atoms with van der Waals surface area (Å²) < 4.78 is 40.7. The molecule has 2 aromatic carbocycles. The number of nitrogens with two attached hydrogens (primary N) is 1. The third kappa shape index (κ3) is 3.87. The Kier molecular flexibility index (Phi) is 5.13. The third-order valence-electron chi connectivity index (χ3n) is 4.34. The molecule has 1 aliphatic rings. The minimum Gasteiger partial charge on any atom is -0.352 e. The van der Waals surface area contributed by atoms with E-state index in [9.17, 15) is 17.8 Å². The molecule has 7 heteroatoms. The van der Waals surface area contributed by atoms with Crippen LogP contribution in [0.15, 0.2) is 46.2 Å². The van der Waals surface area contributed by atoms with Gasteiger partial charge in [-0.3, -0.25) is 0 Å². The van der Waals surface area contributed by atoms with Gasteiger partial charge in [0.2, 0.25) is 0 Å². The molecule has 0 spiro atoms. The van der Waals surface area contributed by atoms with Crippen molar-refractivity contribution in [3.8, 4) is 0 Å². The van der Waals surface area contributed by atoms with Crippen molar-refractivity contribution in [2.24, 2.45) is 5.73 Å². The Morgan fingerprint density at radius 3 is 2.76 bits per heavy atom. The summed E-state index contributed by atoms with van der Waals surface area (Å²) >= 11 is 0. The molecular weight excluding hydrogens is 346 g/mol. The molecule has 3 rings (SSSR count).